The van der Waals surface area contributed by atoms with Crippen molar-refractivity contribution in [2.24, 2.45) is 0 Å². The van der Waals surface area contributed by atoms with Crippen LogP contribution in [0.5, 0.6) is 0 Å². The molecule has 124 valence electrons. The standard InChI is InChI=1S/C17H21NO4S/c1-10(18-16(20)22-17(2,3)4)13-8-11-6-7-12(15(19)21-5)9-14(11)23-13/h6-10H,1-5H3,(H,18,20). The van der Waals surface area contributed by atoms with Crippen molar-refractivity contribution >= 4 is 33.5 Å². The summed E-state index contributed by atoms with van der Waals surface area (Å²) in [6.45, 7) is 7.37. The molecule has 1 amide bonds. The normalized spacial score (nSPS) is 12.7. The second-order valence-corrected chi connectivity index (χ2v) is 7.38. The highest BCUT2D eigenvalue weighted by molar-refractivity contribution is 7.19. The van der Waals surface area contributed by atoms with Gasteiger partial charge in [0.15, 0.2) is 0 Å². The maximum absolute atomic E-state index is 11.8. The molecule has 5 nitrogen and oxygen atoms in total. The maximum Gasteiger partial charge on any atom is 0.408 e. The van der Waals surface area contributed by atoms with Gasteiger partial charge in [0.05, 0.1) is 18.7 Å². The van der Waals surface area contributed by atoms with Crippen LogP contribution in [0.4, 0.5) is 4.79 Å². The average molecular weight is 335 g/mol. The van der Waals surface area contributed by atoms with Crippen LogP contribution in [-0.4, -0.2) is 24.8 Å². The molecule has 0 saturated carbocycles. The molecule has 6 heteroatoms. The van der Waals surface area contributed by atoms with Crippen molar-refractivity contribution in [3.63, 3.8) is 0 Å². The van der Waals surface area contributed by atoms with Gasteiger partial charge in [-0.2, -0.15) is 0 Å². The van der Waals surface area contributed by atoms with Crippen molar-refractivity contribution in [3.05, 3.63) is 34.7 Å². The number of amides is 1. The van der Waals surface area contributed by atoms with E-state index in [-0.39, 0.29) is 12.0 Å². The van der Waals surface area contributed by atoms with E-state index < -0.39 is 11.7 Å². The molecule has 0 radical (unpaired) electrons. The fourth-order valence-electron chi connectivity index (χ4n) is 2.07. The Labute approximate surface area is 139 Å². The van der Waals surface area contributed by atoms with Gasteiger partial charge in [-0.05, 0) is 51.3 Å². The summed E-state index contributed by atoms with van der Waals surface area (Å²) in [5, 5.41) is 3.84. The van der Waals surface area contributed by atoms with Crippen LogP contribution in [0.3, 0.4) is 0 Å². The van der Waals surface area contributed by atoms with Gasteiger partial charge in [0, 0.05) is 9.58 Å². The van der Waals surface area contributed by atoms with E-state index >= 15 is 0 Å². The van der Waals surface area contributed by atoms with Gasteiger partial charge in [-0.1, -0.05) is 6.07 Å². The summed E-state index contributed by atoms with van der Waals surface area (Å²) in [5.74, 6) is -0.359. The van der Waals surface area contributed by atoms with E-state index in [1.165, 1.54) is 18.4 Å². The van der Waals surface area contributed by atoms with Crippen LogP contribution < -0.4 is 5.32 Å². The smallest absolute Gasteiger partial charge is 0.408 e. The first kappa shape index (κ1) is 17.3. The van der Waals surface area contributed by atoms with Crippen LogP contribution in [-0.2, 0) is 9.47 Å². The molecule has 1 unspecified atom stereocenters. The Balaban J connectivity index is 2.16. The van der Waals surface area contributed by atoms with E-state index in [4.69, 9.17) is 9.47 Å². The minimum absolute atomic E-state index is 0.177. The van der Waals surface area contributed by atoms with Crippen molar-refractivity contribution in [1.29, 1.82) is 0 Å². The quantitative estimate of drug-likeness (QED) is 0.851. The number of nitrogens with one attached hydrogen (secondary N) is 1. The van der Waals surface area contributed by atoms with E-state index in [0.717, 1.165) is 15.0 Å². The average Bonchev–Trinajstić information content (AvgIpc) is 2.87. The third-order valence-electron chi connectivity index (χ3n) is 3.12. The van der Waals surface area contributed by atoms with E-state index in [1.54, 1.807) is 12.1 Å². The van der Waals surface area contributed by atoms with Crippen molar-refractivity contribution in [3.8, 4) is 0 Å². The molecule has 23 heavy (non-hydrogen) atoms. The summed E-state index contributed by atoms with van der Waals surface area (Å²) in [4.78, 5) is 24.4. The van der Waals surface area contributed by atoms with E-state index in [1.807, 2.05) is 39.8 Å². The van der Waals surface area contributed by atoms with Crippen LogP contribution in [0.25, 0.3) is 10.1 Å². The Morgan fingerprint density at radius 3 is 2.52 bits per heavy atom. The number of thiophene rings is 1. The summed E-state index contributed by atoms with van der Waals surface area (Å²) in [5.41, 5.74) is -0.0134. The Morgan fingerprint density at radius 1 is 1.22 bits per heavy atom. The van der Waals surface area contributed by atoms with Gasteiger partial charge < -0.3 is 14.8 Å². The number of methoxy groups -OCH3 is 1. The molecule has 1 N–H and O–H groups in total. The van der Waals surface area contributed by atoms with Crippen LogP contribution >= 0.6 is 11.3 Å². The third kappa shape index (κ3) is 4.45. The van der Waals surface area contributed by atoms with E-state index in [0.29, 0.717) is 5.56 Å². The zero-order valence-corrected chi connectivity index (χ0v) is 14.7. The fourth-order valence-corrected chi connectivity index (χ4v) is 3.17. The molecule has 0 aliphatic heterocycles. The Morgan fingerprint density at radius 2 is 1.91 bits per heavy atom. The number of hydrogen-bond acceptors (Lipinski definition) is 5. The Hall–Kier alpha value is -2.08. The lowest BCUT2D eigenvalue weighted by Crippen LogP contribution is -2.33. The molecular weight excluding hydrogens is 314 g/mol. The van der Waals surface area contributed by atoms with Gasteiger partial charge in [-0.15, -0.1) is 11.3 Å². The van der Waals surface area contributed by atoms with Gasteiger partial charge in [0.25, 0.3) is 0 Å². The minimum atomic E-state index is -0.528. The molecule has 1 aromatic carbocycles. The SMILES string of the molecule is COC(=O)c1ccc2cc(C(C)NC(=O)OC(C)(C)C)sc2c1. The van der Waals surface area contributed by atoms with Crippen molar-refractivity contribution in [2.45, 2.75) is 39.3 Å². The topological polar surface area (TPSA) is 64.6 Å². The number of hydrogen-bond donors (Lipinski definition) is 1. The first-order chi connectivity index (χ1) is 10.7. The third-order valence-corrected chi connectivity index (χ3v) is 4.40. The summed E-state index contributed by atoms with van der Waals surface area (Å²) in [6, 6.07) is 7.24. The second kappa shape index (κ2) is 6.58. The zero-order chi connectivity index (χ0) is 17.2. The highest BCUT2D eigenvalue weighted by atomic mass is 32.1. The lowest BCUT2D eigenvalue weighted by Gasteiger charge is -2.21. The lowest BCUT2D eigenvalue weighted by atomic mass is 10.1. The largest absolute Gasteiger partial charge is 0.465 e. The predicted molar refractivity (Wildman–Crippen MR) is 90.9 cm³/mol. The molecular formula is C17H21NO4S. The van der Waals surface area contributed by atoms with Crippen molar-refractivity contribution in [1.82, 2.24) is 5.32 Å². The van der Waals surface area contributed by atoms with Gasteiger partial charge in [0.2, 0.25) is 0 Å². The zero-order valence-electron chi connectivity index (χ0n) is 13.9. The summed E-state index contributed by atoms with van der Waals surface area (Å²) in [6.07, 6.45) is -0.447. The van der Waals surface area contributed by atoms with E-state index in [9.17, 15) is 9.59 Å². The minimum Gasteiger partial charge on any atom is -0.465 e. The number of carbonyl (C=O) groups is 2. The molecule has 2 rings (SSSR count). The molecule has 1 heterocycles. The first-order valence-corrected chi connectivity index (χ1v) is 8.12. The molecule has 0 spiro atoms. The Kier molecular flexibility index (Phi) is 4.94. The Bertz CT molecular complexity index is 730. The molecule has 2 aromatic rings. The monoisotopic (exact) mass is 335 g/mol. The van der Waals surface area contributed by atoms with E-state index in [2.05, 4.69) is 5.32 Å². The van der Waals surface area contributed by atoms with Crippen molar-refractivity contribution < 1.29 is 19.1 Å². The van der Waals surface area contributed by atoms with Gasteiger partial charge in [0.1, 0.15) is 5.60 Å². The van der Waals surface area contributed by atoms with Crippen LogP contribution in [0.2, 0.25) is 0 Å². The number of alkyl carbamates (subject to hydrolysis) is 1. The van der Waals surface area contributed by atoms with Gasteiger partial charge in [-0.25, -0.2) is 9.59 Å². The fraction of sp³-hybridized carbons (Fsp3) is 0.412. The second-order valence-electron chi connectivity index (χ2n) is 6.26. The molecule has 1 aromatic heterocycles. The lowest BCUT2D eigenvalue weighted by molar-refractivity contribution is 0.0507. The highest BCUT2D eigenvalue weighted by Crippen LogP contribution is 2.31. The number of carbonyl (C=O) groups excluding carboxylic acids is 2. The molecule has 1 atom stereocenters. The first-order valence-electron chi connectivity index (χ1n) is 7.31. The van der Waals surface area contributed by atoms with Crippen molar-refractivity contribution in [2.75, 3.05) is 7.11 Å². The predicted octanol–water partition coefficient (Wildman–Crippen LogP) is 4.27. The van der Waals surface area contributed by atoms with Crippen LogP contribution in [0.1, 0.15) is 49.0 Å². The maximum atomic E-state index is 11.8. The molecule has 0 fully saturated rings. The number of rotatable bonds is 3. The van der Waals surface area contributed by atoms with Crippen LogP contribution in [0, 0.1) is 0 Å². The molecule has 0 bridgehead atoms. The molecule has 0 saturated heterocycles. The number of ether oxygens (including phenoxy) is 2. The van der Waals surface area contributed by atoms with Gasteiger partial charge in [-0.3, -0.25) is 0 Å². The van der Waals surface area contributed by atoms with Crippen LogP contribution in [0.15, 0.2) is 24.3 Å². The highest BCUT2D eigenvalue weighted by Gasteiger charge is 2.19. The van der Waals surface area contributed by atoms with Gasteiger partial charge >= 0.3 is 12.1 Å². The molecule has 0 aliphatic carbocycles. The number of esters is 1. The summed E-state index contributed by atoms with van der Waals surface area (Å²) < 4.78 is 11.0. The summed E-state index contributed by atoms with van der Waals surface area (Å²) >= 11 is 1.53. The number of fused-ring (bicyclic) bond motifs is 1. The number of benzene rings is 1. The summed E-state index contributed by atoms with van der Waals surface area (Å²) in [7, 11) is 1.36. The molecule has 0 aliphatic rings.